The predicted molar refractivity (Wildman–Crippen MR) is 84.0 cm³/mol. The average molecular weight is 273 g/mol. The molecule has 102 valence electrons. The van der Waals surface area contributed by atoms with Crippen LogP contribution in [0.2, 0.25) is 0 Å². The Kier molecular flexibility index (Phi) is 3.88. The number of hydrogen-bond donors (Lipinski definition) is 0. The van der Waals surface area contributed by atoms with Crippen LogP contribution < -0.4 is 0 Å². The minimum absolute atomic E-state index is 0.799. The molecule has 1 nitrogen and oxygen atoms in total. The summed E-state index contributed by atoms with van der Waals surface area (Å²) in [5.41, 5.74) is 2.74. The number of rotatable bonds is 4. The molecule has 2 aromatic rings. The molecule has 0 saturated heterocycles. The normalized spacial score (nSPS) is 23.3. The van der Waals surface area contributed by atoms with E-state index in [0.29, 0.717) is 0 Å². The zero-order valence-corrected chi connectivity index (χ0v) is 12.8. The van der Waals surface area contributed by atoms with Gasteiger partial charge in [0.1, 0.15) is 0 Å². The van der Waals surface area contributed by atoms with E-state index < -0.39 is 0 Å². The Morgan fingerprint density at radius 1 is 1.26 bits per heavy atom. The molecule has 0 aliphatic heterocycles. The molecule has 1 heterocycles. The molecule has 2 heteroatoms. The van der Waals surface area contributed by atoms with Crippen LogP contribution in [0.4, 0.5) is 0 Å². The van der Waals surface area contributed by atoms with Crippen LogP contribution in [0.25, 0.3) is 10.2 Å². The third kappa shape index (κ3) is 2.69. The highest BCUT2D eigenvalue weighted by Crippen LogP contribution is 2.41. The zero-order chi connectivity index (χ0) is 13.2. The molecule has 0 bridgehead atoms. The third-order valence-electron chi connectivity index (χ3n) is 4.47. The number of benzene rings is 1. The first-order valence-corrected chi connectivity index (χ1v) is 8.51. The number of nitrogens with zero attached hydrogens (tertiary/aromatic N) is 1. The Balaban J connectivity index is 1.81. The van der Waals surface area contributed by atoms with Crippen molar-refractivity contribution in [1.82, 2.24) is 4.98 Å². The standard InChI is InChI=1S/C17H23NS/c1-3-5-12-6-7-13(10-12)14-8-9-15-16(11-14)19-17(4-2)18-15/h8-9,11-13H,3-7,10H2,1-2H3. The van der Waals surface area contributed by atoms with E-state index in [2.05, 4.69) is 37.0 Å². The summed E-state index contributed by atoms with van der Waals surface area (Å²) in [6.07, 6.45) is 8.02. The largest absolute Gasteiger partial charge is 0.241 e. The van der Waals surface area contributed by atoms with Crippen molar-refractivity contribution in [2.45, 2.75) is 58.3 Å². The van der Waals surface area contributed by atoms with Gasteiger partial charge in [-0.1, -0.05) is 32.8 Å². The van der Waals surface area contributed by atoms with Crippen molar-refractivity contribution in [2.24, 2.45) is 5.92 Å². The van der Waals surface area contributed by atoms with Gasteiger partial charge in [0.15, 0.2) is 0 Å². The van der Waals surface area contributed by atoms with E-state index in [4.69, 9.17) is 0 Å². The summed E-state index contributed by atoms with van der Waals surface area (Å²) < 4.78 is 1.38. The first kappa shape index (κ1) is 13.1. The van der Waals surface area contributed by atoms with E-state index in [0.717, 1.165) is 18.3 Å². The fraction of sp³-hybridized carbons (Fsp3) is 0.588. The molecule has 2 unspecified atom stereocenters. The lowest BCUT2D eigenvalue weighted by molar-refractivity contribution is 0.489. The van der Waals surface area contributed by atoms with Crippen LogP contribution in [0, 0.1) is 5.92 Å². The van der Waals surface area contributed by atoms with Gasteiger partial charge in [-0.15, -0.1) is 11.3 Å². The highest BCUT2D eigenvalue weighted by molar-refractivity contribution is 7.18. The summed E-state index contributed by atoms with van der Waals surface area (Å²) in [4.78, 5) is 4.66. The molecule has 3 rings (SSSR count). The van der Waals surface area contributed by atoms with E-state index in [1.807, 2.05) is 11.3 Å². The molecule has 1 aromatic heterocycles. The lowest BCUT2D eigenvalue weighted by Crippen LogP contribution is -1.95. The SMILES string of the molecule is CCCC1CCC(c2ccc3nc(CC)sc3c2)C1. The number of hydrogen-bond acceptors (Lipinski definition) is 2. The number of fused-ring (bicyclic) bond motifs is 1. The molecular weight excluding hydrogens is 250 g/mol. The maximum atomic E-state index is 4.66. The molecule has 0 radical (unpaired) electrons. The number of aryl methyl sites for hydroxylation is 1. The predicted octanol–water partition coefficient (Wildman–Crippen LogP) is 5.54. The van der Waals surface area contributed by atoms with Crippen molar-refractivity contribution in [3.8, 4) is 0 Å². The van der Waals surface area contributed by atoms with Gasteiger partial charge in [0.2, 0.25) is 0 Å². The number of thiazole rings is 1. The van der Waals surface area contributed by atoms with Crippen molar-refractivity contribution >= 4 is 21.6 Å². The smallest absolute Gasteiger partial charge is 0.0935 e. The molecule has 2 atom stereocenters. The monoisotopic (exact) mass is 273 g/mol. The molecule has 0 amide bonds. The van der Waals surface area contributed by atoms with Crippen molar-refractivity contribution in [1.29, 1.82) is 0 Å². The second kappa shape index (κ2) is 5.62. The summed E-state index contributed by atoms with van der Waals surface area (Å²) in [5, 5.41) is 1.27. The molecule has 0 N–H and O–H groups in total. The molecule has 1 aliphatic carbocycles. The van der Waals surface area contributed by atoms with Gasteiger partial charge < -0.3 is 0 Å². The third-order valence-corrected chi connectivity index (χ3v) is 5.63. The van der Waals surface area contributed by atoms with Crippen LogP contribution in [-0.2, 0) is 6.42 Å². The lowest BCUT2D eigenvalue weighted by atomic mass is 9.95. The van der Waals surface area contributed by atoms with Gasteiger partial charge in [-0.2, -0.15) is 0 Å². The van der Waals surface area contributed by atoms with Crippen LogP contribution in [0.3, 0.4) is 0 Å². The Hall–Kier alpha value is -0.890. The second-order valence-electron chi connectivity index (χ2n) is 5.85. The van der Waals surface area contributed by atoms with E-state index in [-0.39, 0.29) is 0 Å². The lowest BCUT2D eigenvalue weighted by Gasteiger charge is -2.11. The van der Waals surface area contributed by atoms with E-state index in [1.165, 1.54) is 47.3 Å². The quantitative estimate of drug-likeness (QED) is 0.712. The van der Waals surface area contributed by atoms with Crippen LogP contribution in [-0.4, -0.2) is 4.98 Å². The van der Waals surface area contributed by atoms with Gasteiger partial charge in [-0.3, -0.25) is 0 Å². The first-order chi connectivity index (χ1) is 9.30. The molecule has 0 spiro atoms. The maximum absolute atomic E-state index is 4.66. The average Bonchev–Trinajstić information content (AvgIpc) is 3.03. The van der Waals surface area contributed by atoms with Gasteiger partial charge in [0, 0.05) is 0 Å². The van der Waals surface area contributed by atoms with Crippen molar-refractivity contribution in [2.75, 3.05) is 0 Å². The zero-order valence-electron chi connectivity index (χ0n) is 12.0. The molecule has 19 heavy (non-hydrogen) atoms. The summed E-state index contributed by atoms with van der Waals surface area (Å²) in [7, 11) is 0. The fourth-order valence-electron chi connectivity index (χ4n) is 3.44. The molecule has 1 aromatic carbocycles. The van der Waals surface area contributed by atoms with Crippen LogP contribution in [0.5, 0.6) is 0 Å². The minimum atomic E-state index is 0.799. The van der Waals surface area contributed by atoms with Crippen LogP contribution >= 0.6 is 11.3 Å². The Bertz CT molecular complexity index is 557. The van der Waals surface area contributed by atoms with Gasteiger partial charge >= 0.3 is 0 Å². The Morgan fingerprint density at radius 3 is 2.95 bits per heavy atom. The van der Waals surface area contributed by atoms with Gasteiger partial charge in [0.25, 0.3) is 0 Å². The highest BCUT2D eigenvalue weighted by Gasteiger charge is 2.25. The summed E-state index contributed by atoms with van der Waals surface area (Å²) in [6, 6.07) is 6.96. The van der Waals surface area contributed by atoms with Gasteiger partial charge in [-0.25, -0.2) is 4.98 Å². The molecular formula is C17H23NS. The van der Waals surface area contributed by atoms with E-state index in [9.17, 15) is 0 Å². The highest BCUT2D eigenvalue weighted by atomic mass is 32.1. The van der Waals surface area contributed by atoms with Crippen molar-refractivity contribution < 1.29 is 0 Å². The molecule has 1 saturated carbocycles. The molecule has 1 aliphatic rings. The summed E-state index contributed by atoms with van der Waals surface area (Å²) in [6.45, 7) is 4.49. The Morgan fingerprint density at radius 2 is 2.16 bits per heavy atom. The minimum Gasteiger partial charge on any atom is -0.241 e. The van der Waals surface area contributed by atoms with E-state index in [1.54, 1.807) is 5.56 Å². The summed E-state index contributed by atoms with van der Waals surface area (Å²) in [5.74, 6) is 1.77. The molecule has 1 fully saturated rings. The van der Waals surface area contributed by atoms with Crippen LogP contribution in [0.1, 0.15) is 62.4 Å². The second-order valence-corrected chi connectivity index (χ2v) is 6.97. The van der Waals surface area contributed by atoms with Crippen molar-refractivity contribution in [3.05, 3.63) is 28.8 Å². The van der Waals surface area contributed by atoms with Crippen LogP contribution in [0.15, 0.2) is 18.2 Å². The van der Waals surface area contributed by atoms with Crippen molar-refractivity contribution in [3.63, 3.8) is 0 Å². The maximum Gasteiger partial charge on any atom is 0.0935 e. The van der Waals surface area contributed by atoms with Gasteiger partial charge in [0.05, 0.1) is 15.2 Å². The number of aromatic nitrogens is 1. The van der Waals surface area contributed by atoms with Gasteiger partial charge in [-0.05, 0) is 55.2 Å². The van der Waals surface area contributed by atoms with E-state index >= 15 is 0 Å². The fourth-order valence-corrected chi connectivity index (χ4v) is 4.40. The Labute approximate surface area is 120 Å². The topological polar surface area (TPSA) is 12.9 Å². The first-order valence-electron chi connectivity index (χ1n) is 7.69. The summed E-state index contributed by atoms with van der Waals surface area (Å²) >= 11 is 1.87.